The van der Waals surface area contributed by atoms with Gasteiger partial charge in [0, 0.05) is 32.7 Å². The molecule has 138 valence electrons. The van der Waals surface area contributed by atoms with Gasteiger partial charge in [-0.1, -0.05) is 30.3 Å². The summed E-state index contributed by atoms with van der Waals surface area (Å²) in [4.78, 5) is 14.6. The van der Waals surface area contributed by atoms with Crippen molar-refractivity contribution in [1.29, 1.82) is 0 Å². The molecule has 2 aromatic rings. The van der Waals surface area contributed by atoms with Gasteiger partial charge in [0.2, 0.25) is 0 Å². The van der Waals surface area contributed by atoms with Crippen LogP contribution in [0.5, 0.6) is 0 Å². The second-order valence-corrected chi connectivity index (χ2v) is 5.47. The number of hydrogen-bond donors (Lipinski definition) is 3. The highest BCUT2D eigenvalue weighted by Crippen LogP contribution is 2.22. The molecule has 0 saturated carbocycles. The van der Waals surface area contributed by atoms with Crippen molar-refractivity contribution in [1.82, 2.24) is 10.6 Å². The first-order valence-corrected chi connectivity index (χ1v) is 8.27. The molecule has 2 aromatic carbocycles. The molecule has 8 heteroatoms. The van der Waals surface area contributed by atoms with Crippen LogP contribution in [0, 0.1) is 15.9 Å². The number of hydrogen-bond acceptors (Lipinski definition) is 4. The quantitative estimate of drug-likeness (QED) is 0.221. The fourth-order valence-corrected chi connectivity index (χ4v) is 2.40. The van der Waals surface area contributed by atoms with Crippen LogP contribution in [0.2, 0.25) is 0 Å². The van der Waals surface area contributed by atoms with Gasteiger partial charge < -0.3 is 16.0 Å². The molecule has 0 atom stereocenters. The van der Waals surface area contributed by atoms with Gasteiger partial charge in [-0.25, -0.2) is 4.39 Å². The highest BCUT2D eigenvalue weighted by molar-refractivity contribution is 5.79. The fourth-order valence-electron chi connectivity index (χ4n) is 2.40. The lowest BCUT2D eigenvalue weighted by Crippen LogP contribution is -2.40. The minimum absolute atomic E-state index is 0.0416. The monoisotopic (exact) mass is 359 g/mol. The Bertz CT molecular complexity index is 767. The Morgan fingerprint density at radius 2 is 1.77 bits per heavy atom. The van der Waals surface area contributed by atoms with E-state index in [1.807, 2.05) is 0 Å². The average molecular weight is 359 g/mol. The first kappa shape index (κ1) is 19.2. The van der Waals surface area contributed by atoms with E-state index in [1.54, 1.807) is 43.4 Å². The molecule has 0 fully saturated rings. The van der Waals surface area contributed by atoms with Gasteiger partial charge in [0.05, 0.1) is 4.92 Å². The Labute approximate surface area is 151 Å². The predicted octanol–water partition coefficient (Wildman–Crippen LogP) is 2.55. The number of aliphatic imine (C=N–C) groups is 1. The summed E-state index contributed by atoms with van der Waals surface area (Å²) in [5, 5.41) is 20.2. The van der Waals surface area contributed by atoms with Gasteiger partial charge in [0.25, 0.3) is 5.69 Å². The molecule has 0 bridgehead atoms. The lowest BCUT2D eigenvalue weighted by molar-refractivity contribution is -0.384. The molecule has 0 amide bonds. The smallest absolute Gasteiger partial charge is 0.292 e. The zero-order chi connectivity index (χ0) is 18.8. The van der Waals surface area contributed by atoms with Crippen molar-refractivity contribution in [2.45, 2.75) is 6.42 Å². The van der Waals surface area contributed by atoms with Crippen LogP contribution in [0.15, 0.2) is 53.5 Å². The summed E-state index contributed by atoms with van der Waals surface area (Å²) >= 11 is 0. The van der Waals surface area contributed by atoms with Gasteiger partial charge >= 0.3 is 0 Å². The van der Waals surface area contributed by atoms with E-state index in [2.05, 4.69) is 20.9 Å². The number of benzene rings is 2. The van der Waals surface area contributed by atoms with E-state index in [4.69, 9.17) is 0 Å². The minimum atomic E-state index is -0.418. The van der Waals surface area contributed by atoms with Gasteiger partial charge in [-0.05, 0) is 24.1 Å². The Hall–Kier alpha value is -3.16. The van der Waals surface area contributed by atoms with Gasteiger partial charge in [-0.3, -0.25) is 15.1 Å². The summed E-state index contributed by atoms with van der Waals surface area (Å²) in [6, 6.07) is 13.2. The van der Waals surface area contributed by atoms with Crippen LogP contribution in [0.1, 0.15) is 5.56 Å². The van der Waals surface area contributed by atoms with E-state index in [1.165, 1.54) is 12.1 Å². The number of para-hydroxylation sites is 2. The largest absolute Gasteiger partial charge is 0.378 e. The van der Waals surface area contributed by atoms with Gasteiger partial charge in [0.1, 0.15) is 11.5 Å². The van der Waals surface area contributed by atoms with E-state index < -0.39 is 4.92 Å². The minimum Gasteiger partial charge on any atom is -0.378 e. The Morgan fingerprint density at radius 3 is 2.50 bits per heavy atom. The number of guanidine groups is 1. The number of nitrogens with zero attached hydrogens (tertiary/aromatic N) is 2. The third kappa shape index (κ3) is 5.73. The summed E-state index contributed by atoms with van der Waals surface area (Å²) in [5.74, 6) is 0.372. The zero-order valence-corrected chi connectivity index (χ0v) is 14.5. The third-order valence-electron chi connectivity index (χ3n) is 3.70. The fraction of sp³-hybridized carbons (Fsp3) is 0.278. The number of nitrogens with one attached hydrogen (secondary N) is 3. The highest BCUT2D eigenvalue weighted by Gasteiger charge is 2.11. The van der Waals surface area contributed by atoms with Crippen LogP contribution in [0.3, 0.4) is 0 Å². The molecule has 0 aliphatic heterocycles. The number of halogens is 1. The van der Waals surface area contributed by atoms with Gasteiger partial charge in [-0.2, -0.15) is 0 Å². The van der Waals surface area contributed by atoms with Crippen molar-refractivity contribution in [3.63, 3.8) is 0 Å². The van der Waals surface area contributed by atoms with Crippen LogP contribution in [-0.2, 0) is 6.42 Å². The predicted molar refractivity (Wildman–Crippen MR) is 101 cm³/mol. The van der Waals surface area contributed by atoms with E-state index in [-0.39, 0.29) is 11.5 Å². The maximum Gasteiger partial charge on any atom is 0.292 e. The van der Waals surface area contributed by atoms with Crippen LogP contribution in [0.4, 0.5) is 15.8 Å². The maximum atomic E-state index is 13.6. The number of nitro groups is 1. The first-order valence-electron chi connectivity index (χ1n) is 8.27. The Balaban J connectivity index is 1.72. The van der Waals surface area contributed by atoms with Crippen molar-refractivity contribution < 1.29 is 9.31 Å². The first-order chi connectivity index (χ1) is 12.6. The molecule has 0 aromatic heterocycles. The van der Waals surface area contributed by atoms with E-state index in [9.17, 15) is 14.5 Å². The zero-order valence-electron chi connectivity index (χ0n) is 14.5. The van der Waals surface area contributed by atoms with Crippen LogP contribution in [0.25, 0.3) is 0 Å². The second kappa shape index (κ2) is 9.97. The Kier molecular flexibility index (Phi) is 7.35. The maximum absolute atomic E-state index is 13.6. The third-order valence-corrected chi connectivity index (χ3v) is 3.70. The Morgan fingerprint density at radius 1 is 1.08 bits per heavy atom. The van der Waals surface area contributed by atoms with E-state index in [0.29, 0.717) is 43.3 Å². The second-order valence-electron chi connectivity index (χ2n) is 5.47. The summed E-state index contributed by atoms with van der Waals surface area (Å²) < 4.78 is 13.6. The van der Waals surface area contributed by atoms with Crippen molar-refractivity contribution in [3.05, 3.63) is 70.0 Å². The summed E-state index contributed by atoms with van der Waals surface area (Å²) in [5.41, 5.74) is 1.16. The highest BCUT2D eigenvalue weighted by atomic mass is 19.1. The normalized spacial score (nSPS) is 11.1. The molecular formula is C18H22FN5O2. The lowest BCUT2D eigenvalue weighted by atomic mass is 10.1. The molecule has 3 N–H and O–H groups in total. The molecule has 0 radical (unpaired) electrons. The van der Waals surface area contributed by atoms with Crippen molar-refractivity contribution in [2.24, 2.45) is 4.99 Å². The van der Waals surface area contributed by atoms with Crippen molar-refractivity contribution >= 4 is 17.3 Å². The topological polar surface area (TPSA) is 91.6 Å². The molecule has 0 saturated heterocycles. The molecule has 0 unspecified atom stereocenters. The molecule has 0 aliphatic carbocycles. The lowest BCUT2D eigenvalue weighted by Gasteiger charge is -2.13. The van der Waals surface area contributed by atoms with Crippen molar-refractivity contribution in [2.75, 3.05) is 32.0 Å². The van der Waals surface area contributed by atoms with Crippen LogP contribution >= 0.6 is 0 Å². The van der Waals surface area contributed by atoms with E-state index in [0.717, 1.165) is 0 Å². The average Bonchev–Trinajstić information content (AvgIpc) is 2.65. The van der Waals surface area contributed by atoms with Crippen LogP contribution in [-0.4, -0.2) is 37.6 Å². The van der Waals surface area contributed by atoms with Crippen molar-refractivity contribution in [3.8, 4) is 0 Å². The van der Waals surface area contributed by atoms with Crippen LogP contribution < -0.4 is 16.0 Å². The summed E-state index contributed by atoms with van der Waals surface area (Å²) in [6.07, 6.45) is 0.543. The van der Waals surface area contributed by atoms with Gasteiger partial charge in [0.15, 0.2) is 5.96 Å². The molecule has 0 spiro atoms. The molecule has 7 nitrogen and oxygen atoms in total. The number of anilines is 1. The molecule has 2 rings (SSSR count). The molecule has 0 heterocycles. The molecule has 26 heavy (non-hydrogen) atoms. The molecule has 0 aliphatic rings. The summed E-state index contributed by atoms with van der Waals surface area (Å²) in [7, 11) is 1.65. The summed E-state index contributed by atoms with van der Waals surface area (Å²) in [6.45, 7) is 1.54. The van der Waals surface area contributed by atoms with E-state index >= 15 is 0 Å². The number of rotatable bonds is 8. The molecular weight excluding hydrogens is 337 g/mol. The standard InChI is InChI=1S/C18H22FN5O2/c1-20-18(22-11-10-14-6-2-3-7-15(14)19)23-13-12-21-16-8-4-5-9-17(16)24(25)26/h2-9,21H,10-13H2,1H3,(H2,20,22,23). The number of nitro benzene ring substituents is 1. The SMILES string of the molecule is CN=C(NCCNc1ccccc1[N+](=O)[O-])NCCc1ccccc1F. The van der Waals surface area contributed by atoms with Gasteiger partial charge in [-0.15, -0.1) is 0 Å².